The zero-order valence-corrected chi connectivity index (χ0v) is 11.5. The highest BCUT2D eigenvalue weighted by Crippen LogP contribution is 2.16. The van der Waals surface area contributed by atoms with E-state index < -0.39 is 12.1 Å². The van der Waals surface area contributed by atoms with Gasteiger partial charge < -0.3 is 4.74 Å². The second-order valence-electron chi connectivity index (χ2n) is 5.00. The summed E-state index contributed by atoms with van der Waals surface area (Å²) in [5, 5.41) is 9.15. The lowest BCUT2D eigenvalue weighted by Gasteiger charge is -2.08. The molecule has 1 aliphatic rings. The number of esters is 1. The number of fused-ring (bicyclic) bond motifs is 2. The van der Waals surface area contributed by atoms with Crippen LogP contribution in [0.1, 0.15) is 29.5 Å². The third-order valence-corrected chi connectivity index (χ3v) is 3.52. The largest absolute Gasteiger partial charge is 0.444 e. The number of ether oxygens (including phenoxy) is 1. The van der Waals surface area contributed by atoms with Crippen LogP contribution in [-0.2, 0) is 17.7 Å². The molecular weight excluding hydrogens is 270 g/mol. The third kappa shape index (κ3) is 2.27. The van der Waals surface area contributed by atoms with Crippen LogP contribution >= 0.6 is 0 Å². The van der Waals surface area contributed by atoms with Gasteiger partial charge in [-0.3, -0.25) is 9.36 Å². The molecule has 0 N–H and O–H groups in total. The van der Waals surface area contributed by atoms with Gasteiger partial charge in [-0.05, 0) is 31.5 Å². The van der Waals surface area contributed by atoms with E-state index in [-0.39, 0.29) is 5.56 Å². The number of aryl methyl sites for hydroxylation is 1. The molecule has 21 heavy (non-hydrogen) atoms. The summed E-state index contributed by atoms with van der Waals surface area (Å²) in [5.74, 6) is 0.164. The zero-order valence-electron chi connectivity index (χ0n) is 11.5. The molecule has 1 aromatic heterocycles. The van der Waals surface area contributed by atoms with Crippen molar-refractivity contribution in [1.29, 1.82) is 5.26 Å². The average Bonchev–Trinajstić information content (AvgIpc) is 2.95. The standard InChI is InChI=1S/C15H13N3O3/c1-9(8-16)21-15(20)10-4-5-11-12(7-10)17-13-3-2-6-18(13)14(11)19/h4-5,7,9H,2-3,6H2,1H3. The summed E-state index contributed by atoms with van der Waals surface area (Å²) in [6, 6.07) is 6.49. The maximum Gasteiger partial charge on any atom is 0.339 e. The lowest BCUT2D eigenvalue weighted by molar-refractivity contribution is 0.0435. The molecule has 0 saturated carbocycles. The Morgan fingerprint density at radius 2 is 2.33 bits per heavy atom. The number of carbonyl (C=O) groups excluding carboxylic acids is 1. The molecule has 1 aliphatic heterocycles. The van der Waals surface area contributed by atoms with Crippen molar-refractivity contribution >= 4 is 16.9 Å². The molecule has 0 bridgehead atoms. The summed E-state index contributed by atoms with van der Waals surface area (Å²) in [5.41, 5.74) is 0.712. The highest BCUT2D eigenvalue weighted by Gasteiger charge is 2.18. The van der Waals surface area contributed by atoms with Crippen molar-refractivity contribution in [2.45, 2.75) is 32.4 Å². The molecule has 0 amide bonds. The fraction of sp³-hybridized carbons (Fsp3) is 0.333. The number of hydrogen-bond acceptors (Lipinski definition) is 5. The number of nitriles is 1. The summed E-state index contributed by atoms with van der Waals surface area (Å²) in [6.45, 7) is 2.19. The van der Waals surface area contributed by atoms with E-state index in [9.17, 15) is 9.59 Å². The number of benzene rings is 1. The van der Waals surface area contributed by atoms with Crippen LogP contribution in [-0.4, -0.2) is 21.6 Å². The van der Waals surface area contributed by atoms with E-state index in [4.69, 9.17) is 10.00 Å². The van der Waals surface area contributed by atoms with E-state index in [0.717, 1.165) is 18.7 Å². The van der Waals surface area contributed by atoms with Crippen molar-refractivity contribution in [3.05, 3.63) is 39.9 Å². The fourth-order valence-corrected chi connectivity index (χ4v) is 2.47. The van der Waals surface area contributed by atoms with Crippen molar-refractivity contribution in [2.24, 2.45) is 0 Å². The Hall–Kier alpha value is -2.68. The maximum atomic E-state index is 12.3. The first-order chi connectivity index (χ1) is 10.1. The van der Waals surface area contributed by atoms with E-state index in [2.05, 4.69) is 4.98 Å². The van der Waals surface area contributed by atoms with E-state index >= 15 is 0 Å². The Labute approximate surface area is 120 Å². The Kier molecular flexibility index (Phi) is 3.18. The highest BCUT2D eigenvalue weighted by molar-refractivity contribution is 5.94. The van der Waals surface area contributed by atoms with Crippen LogP contribution in [0.4, 0.5) is 0 Å². The molecule has 106 valence electrons. The van der Waals surface area contributed by atoms with E-state index in [1.807, 2.05) is 6.07 Å². The third-order valence-electron chi connectivity index (χ3n) is 3.52. The lowest BCUT2D eigenvalue weighted by Crippen LogP contribution is -2.21. The minimum absolute atomic E-state index is 0.0715. The van der Waals surface area contributed by atoms with Crippen LogP contribution in [0.5, 0.6) is 0 Å². The number of hydrogen-bond donors (Lipinski definition) is 0. The second-order valence-corrected chi connectivity index (χ2v) is 5.00. The Morgan fingerprint density at radius 3 is 3.10 bits per heavy atom. The normalized spacial score (nSPS) is 14.5. The predicted octanol–water partition coefficient (Wildman–Crippen LogP) is 1.41. The van der Waals surface area contributed by atoms with E-state index in [1.54, 1.807) is 16.7 Å². The van der Waals surface area contributed by atoms with Crippen molar-refractivity contribution < 1.29 is 9.53 Å². The number of aromatic nitrogens is 2. The molecule has 1 aromatic carbocycles. The van der Waals surface area contributed by atoms with E-state index in [1.165, 1.54) is 13.0 Å². The molecule has 2 aromatic rings. The molecule has 6 nitrogen and oxygen atoms in total. The first-order valence-electron chi connectivity index (χ1n) is 6.74. The highest BCUT2D eigenvalue weighted by atomic mass is 16.5. The maximum absolute atomic E-state index is 12.3. The summed E-state index contributed by atoms with van der Waals surface area (Å²) in [6.07, 6.45) is 0.866. The van der Waals surface area contributed by atoms with Gasteiger partial charge in [-0.2, -0.15) is 5.26 Å². The number of rotatable bonds is 2. The van der Waals surface area contributed by atoms with Crippen molar-refractivity contribution in [3.63, 3.8) is 0 Å². The predicted molar refractivity (Wildman–Crippen MR) is 74.8 cm³/mol. The van der Waals surface area contributed by atoms with Gasteiger partial charge in [0.2, 0.25) is 0 Å². The molecule has 0 saturated heterocycles. The molecule has 1 atom stereocenters. The minimum Gasteiger partial charge on any atom is -0.444 e. The second kappa shape index (κ2) is 5.02. The van der Waals surface area contributed by atoms with Gasteiger partial charge in [0.25, 0.3) is 5.56 Å². The molecular formula is C15H13N3O3. The first-order valence-corrected chi connectivity index (χ1v) is 6.74. The molecule has 3 rings (SSSR count). The Morgan fingerprint density at radius 1 is 1.52 bits per heavy atom. The molecule has 1 unspecified atom stereocenters. The van der Waals surface area contributed by atoms with Crippen molar-refractivity contribution in [3.8, 4) is 6.07 Å². The molecule has 0 fully saturated rings. The molecule has 0 radical (unpaired) electrons. The van der Waals surface area contributed by atoms with Crippen LogP contribution < -0.4 is 5.56 Å². The van der Waals surface area contributed by atoms with Crippen LogP contribution in [0.3, 0.4) is 0 Å². The summed E-state index contributed by atoms with van der Waals surface area (Å²) in [4.78, 5) is 28.6. The van der Waals surface area contributed by atoms with Gasteiger partial charge in [-0.15, -0.1) is 0 Å². The molecule has 0 spiro atoms. The SMILES string of the molecule is CC(C#N)OC(=O)c1ccc2c(=O)n3c(nc2c1)CCC3. The average molecular weight is 283 g/mol. The van der Waals surface area contributed by atoms with Gasteiger partial charge >= 0.3 is 5.97 Å². The molecule has 0 aliphatic carbocycles. The first kappa shape index (κ1) is 13.3. The van der Waals surface area contributed by atoms with Crippen LogP contribution in [0, 0.1) is 11.3 Å². The van der Waals surface area contributed by atoms with Gasteiger partial charge in [0.15, 0.2) is 6.10 Å². The summed E-state index contributed by atoms with van der Waals surface area (Å²) < 4.78 is 6.62. The van der Waals surface area contributed by atoms with Crippen molar-refractivity contribution in [1.82, 2.24) is 9.55 Å². The number of nitrogens with zero attached hydrogens (tertiary/aromatic N) is 3. The lowest BCUT2D eigenvalue weighted by atomic mass is 10.1. The van der Waals surface area contributed by atoms with Gasteiger partial charge in [0, 0.05) is 13.0 Å². The Balaban J connectivity index is 2.05. The van der Waals surface area contributed by atoms with Gasteiger partial charge in [0.05, 0.1) is 16.5 Å². The fourth-order valence-electron chi connectivity index (χ4n) is 2.47. The molecule has 6 heteroatoms. The van der Waals surface area contributed by atoms with Crippen molar-refractivity contribution in [2.75, 3.05) is 0 Å². The van der Waals surface area contributed by atoms with Crippen LogP contribution in [0.2, 0.25) is 0 Å². The summed E-state index contributed by atoms with van der Waals surface area (Å²) in [7, 11) is 0. The van der Waals surface area contributed by atoms with E-state index in [0.29, 0.717) is 23.0 Å². The molecule has 2 heterocycles. The van der Waals surface area contributed by atoms with Gasteiger partial charge in [0.1, 0.15) is 11.9 Å². The topological polar surface area (TPSA) is 85.0 Å². The number of carbonyl (C=O) groups is 1. The van der Waals surface area contributed by atoms with Gasteiger partial charge in [-0.25, -0.2) is 9.78 Å². The summed E-state index contributed by atoms with van der Waals surface area (Å²) >= 11 is 0. The van der Waals surface area contributed by atoms with Crippen LogP contribution in [0.15, 0.2) is 23.0 Å². The Bertz CT molecular complexity index is 832. The minimum atomic E-state index is -0.813. The quantitative estimate of drug-likeness (QED) is 0.778. The zero-order chi connectivity index (χ0) is 15.0. The smallest absolute Gasteiger partial charge is 0.339 e. The van der Waals surface area contributed by atoms with Crippen LogP contribution in [0.25, 0.3) is 10.9 Å². The van der Waals surface area contributed by atoms with Gasteiger partial charge in [-0.1, -0.05) is 0 Å². The monoisotopic (exact) mass is 283 g/mol.